The molecule has 0 atom stereocenters. The van der Waals surface area contributed by atoms with Crippen LogP contribution in [-0.2, 0) is 5.75 Å². The summed E-state index contributed by atoms with van der Waals surface area (Å²) in [6, 6.07) is 22.9. The average Bonchev–Trinajstić information content (AvgIpc) is 2.73. The van der Waals surface area contributed by atoms with Gasteiger partial charge in [-0.1, -0.05) is 84.0 Å². The largest absolute Gasteiger partial charge is 0.505 e. The molecule has 0 radical (unpaired) electrons. The maximum absolute atomic E-state index is 10.8. The van der Waals surface area contributed by atoms with Crippen LogP contribution in [0.1, 0.15) is 5.56 Å². The third-order valence-corrected chi connectivity index (χ3v) is 5.49. The molecule has 0 spiro atoms. The van der Waals surface area contributed by atoms with Crippen LogP contribution in [-0.4, -0.2) is 10.3 Å². The van der Waals surface area contributed by atoms with Crippen molar-refractivity contribution in [2.24, 2.45) is 10.2 Å². The van der Waals surface area contributed by atoms with Gasteiger partial charge >= 0.3 is 0 Å². The Bertz CT molecular complexity index is 1210. The van der Waals surface area contributed by atoms with Crippen molar-refractivity contribution >= 4 is 55.8 Å². The monoisotopic (exact) mass is 405 g/mol. The van der Waals surface area contributed by atoms with Crippen LogP contribution >= 0.6 is 23.4 Å². The SMILES string of the molecule is N=C(N=Nc1c(O)c2ccccc2c2ccccc12)SCc1ccc(Cl)cc1. The van der Waals surface area contributed by atoms with Crippen LogP contribution in [0, 0.1) is 5.41 Å². The Labute approximate surface area is 171 Å². The lowest BCUT2D eigenvalue weighted by Crippen LogP contribution is -1.87. The molecule has 0 amide bonds. The van der Waals surface area contributed by atoms with E-state index in [4.69, 9.17) is 17.0 Å². The van der Waals surface area contributed by atoms with Crippen LogP contribution in [0.3, 0.4) is 0 Å². The zero-order chi connectivity index (χ0) is 19.5. The van der Waals surface area contributed by atoms with E-state index in [1.54, 1.807) is 0 Å². The summed E-state index contributed by atoms with van der Waals surface area (Å²) in [6.45, 7) is 0. The molecule has 0 unspecified atom stereocenters. The number of hydrogen-bond acceptors (Lipinski definition) is 4. The number of phenolic OH excluding ortho intramolecular Hbond substituents is 1. The summed E-state index contributed by atoms with van der Waals surface area (Å²) in [5.74, 6) is 0.674. The minimum Gasteiger partial charge on any atom is -0.505 e. The summed E-state index contributed by atoms with van der Waals surface area (Å²) in [5, 5.41) is 31.3. The third kappa shape index (κ3) is 3.72. The lowest BCUT2D eigenvalue weighted by Gasteiger charge is -2.09. The van der Waals surface area contributed by atoms with Gasteiger partial charge in [-0.15, -0.1) is 10.2 Å². The summed E-state index contributed by atoms with van der Waals surface area (Å²) in [5.41, 5.74) is 1.43. The fourth-order valence-corrected chi connectivity index (χ4v) is 3.78. The Kier molecular flexibility index (Phi) is 5.28. The lowest BCUT2D eigenvalue weighted by molar-refractivity contribution is 0.483. The van der Waals surface area contributed by atoms with E-state index in [2.05, 4.69) is 10.2 Å². The zero-order valence-corrected chi connectivity index (χ0v) is 16.3. The van der Waals surface area contributed by atoms with Gasteiger partial charge in [-0.05, 0) is 28.5 Å². The highest BCUT2D eigenvalue weighted by molar-refractivity contribution is 8.13. The fourth-order valence-electron chi connectivity index (χ4n) is 3.06. The van der Waals surface area contributed by atoms with Crippen molar-refractivity contribution in [1.29, 1.82) is 5.41 Å². The smallest absolute Gasteiger partial charge is 0.202 e. The number of thioether (sulfide) groups is 1. The number of hydrogen-bond donors (Lipinski definition) is 2. The van der Waals surface area contributed by atoms with Crippen LogP contribution in [0.5, 0.6) is 5.75 Å². The Morgan fingerprint density at radius 2 is 1.43 bits per heavy atom. The molecule has 4 aromatic rings. The van der Waals surface area contributed by atoms with Crippen LogP contribution < -0.4 is 0 Å². The van der Waals surface area contributed by atoms with E-state index in [0.717, 1.165) is 27.1 Å². The molecule has 6 heteroatoms. The van der Waals surface area contributed by atoms with Crippen molar-refractivity contribution in [2.75, 3.05) is 0 Å². The molecule has 0 fully saturated rings. The maximum atomic E-state index is 10.8. The van der Waals surface area contributed by atoms with Gasteiger partial charge in [-0.3, -0.25) is 5.41 Å². The minimum atomic E-state index is 0.0755. The molecule has 0 aliphatic heterocycles. The van der Waals surface area contributed by atoms with Crippen LogP contribution in [0.25, 0.3) is 21.5 Å². The molecule has 2 N–H and O–H groups in total. The van der Waals surface area contributed by atoms with Crippen molar-refractivity contribution in [3.05, 3.63) is 83.4 Å². The number of nitrogens with one attached hydrogen (secondary N) is 1. The fraction of sp³-hybridized carbons (Fsp3) is 0.0455. The van der Waals surface area contributed by atoms with Crippen LogP contribution in [0.15, 0.2) is 83.0 Å². The Hall–Kier alpha value is -2.89. The first kappa shape index (κ1) is 18.5. The maximum Gasteiger partial charge on any atom is 0.202 e. The van der Waals surface area contributed by atoms with Crippen molar-refractivity contribution in [1.82, 2.24) is 0 Å². The second kappa shape index (κ2) is 8.00. The number of halogens is 1. The highest BCUT2D eigenvalue weighted by atomic mass is 35.5. The molecule has 0 aliphatic carbocycles. The number of phenols is 1. The van der Waals surface area contributed by atoms with E-state index < -0.39 is 0 Å². The number of aromatic hydroxyl groups is 1. The van der Waals surface area contributed by atoms with Crippen molar-refractivity contribution in [3.63, 3.8) is 0 Å². The highest BCUT2D eigenvalue weighted by Crippen LogP contribution is 2.42. The topological polar surface area (TPSA) is 68.8 Å². The van der Waals surface area contributed by atoms with E-state index in [1.165, 1.54) is 11.8 Å². The second-order valence-electron chi connectivity index (χ2n) is 6.21. The number of rotatable bonds is 3. The van der Waals surface area contributed by atoms with Gasteiger partial charge in [0.15, 0.2) is 5.75 Å². The first-order chi connectivity index (χ1) is 13.6. The molecule has 4 aromatic carbocycles. The summed E-state index contributed by atoms with van der Waals surface area (Å²) >= 11 is 7.16. The summed E-state index contributed by atoms with van der Waals surface area (Å²) in [6.07, 6.45) is 0. The lowest BCUT2D eigenvalue weighted by atomic mass is 9.99. The first-order valence-electron chi connectivity index (χ1n) is 8.63. The minimum absolute atomic E-state index is 0.0755. The molecule has 0 aliphatic rings. The van der Waals surface area contributed by atoms with Gasteiger partial charge in [0.1, 0.15) is 5.69 Å². The van der Waals surface area contributed by atoms with E-state index in [-0.39, 0.29) is 10.9 Å². The highest BCUT2D eigenvalue weighted by Gasteiger charge is 2.13. The Morgan fingerprint density at radius 3 is 2.11 bits per heavy atom. The van der Waals surface area contributed by atoms with Gasteiger partial charge in [-0.25, -0.2) is 0 Å². The van der Waals surface area contributed by atoms with Crippen molar-refractivity contribution in [2.45, 2.75) is 5.75 Å². The van der Waals surface area contributed by atoms with Gasteiger partial charge in [-0.2, -0.15) is 0 Å². The van der Waals surface area contributed by atoms with Gasteiger partial charge in [0.25, 0.3) is 0 Å². The van der Waals surface area contributed by atoms with E-state index in [0.29, 0.717) is 16.5 Å². The Balaban J connectivity index is 1.63. The molecule has 4 rings (SSSR count). The average molecular weight is 406 g/mol. The molecule has 28 heavy (non-hydrogen) atoms. The molecule has 4 nitrogen and oxygen atoms in total. The number of amidine groups is 1. The van der Waals surface area contributed by atoms with E-state index >= 15 is 0 Å². The number of benzene rings is 4. The summed E-state index contributed by atoms with van der Waals surface area (Å²) in [7, 11) is 0. The first-order valence-corrected chi connectivity index (χ1v) is 10.00. The Morgan fingerprint density at radius 1 is 0.857 bits per heavy atom. The quantitative estimate of drug-likeness (QED) is 0.162. The van der Waals surface area contributed by atoms with E-state index in [9.17, 15) is 5.11 Å². The van der Waals surface area contributed by atoms with Gasteiger partial charge in [0.05, 0.1) is 0 Å². The van der Waals surface area contributed by atoms with Crippen molar-refractivity contribution in [3.8, 4) is 5.75 Å². The molecule has 138 valence electrons. The molecule has 0 saturated heterocycles. The molecular weight excluding hydrogens is 390 g/mol. The molecule has 0 saturated carbocycles. The van der Waals surface area contributed by atoms with Gasteiger partial charge in [0.2, 0.25) is 5.17 Å². The van der Waals surface area contributed by atoms with Gasteiger partial charge < -0.3 is 5.11 Å². The standard InChI is InChI=1S/C22H16ClN3OS/c23-15-11-9-14(10-12-15)13-28-22(24)26-25-20-18-7-3-1-5-16(18)17-6-2-4-8-19(17)21(20)27/h1-12,24,27H,13H2. The predicted octanol–water partition coefficient (Wildman–Crippen LogP) is 7.30. The third-order valence-electron chi connectivity index (χ3n) is 4.41. The predicted molar refractivity (Wildman–Crippen MR) is 118 cm³/mol. The second-order valence-corrected chi connectivity index (χ2v) is 7.61. The number of nitrogens with zero attached hydrogens (tertiary/aromatic N) is 2. The summed E-state index contributed by atoms with van der Waals surface area (Å²) < 4.78 is 0. The molecule has 0 aromatic heterocycles. The zero-order valence-electron chi connectivity index (χ0n) is 14.8. The normalized spacial score (nSPS) is 11.5. The van der Waals surface area contributed by atoms with Crippen LogP contribution in [0.2, 0.25) is 5.02 Å². The number of fused-ring (bicyclic) bond motifs is 3. The van der Waals surface area contributed by atoms with Crippen LogP contribution in [0.4, 0.5) is 5.69 Å². The number of azo groups is 1. The summed E-state index contributed by atoms with van der Waals surface area (Å²) in [4.78, 5) is 0. The molecule has 0 heterocycles. The molecular formula is C22H16ClN3OS. The van der Waals surface area contributed by atoms with E-state index in [1.807, 2.05) is 72.8 Å². The molecule has 0 bridgehead atoms. The van der Waals surface area contributed by atoms with Crippen molar-refractivity contribution < 1.29 is 5.11 Å². The van der Waals surface area contributed by atoms with Gasteiger partial charge in [0, 0.05) is 21.5 Å².